The first-order valence-corrected chi connectivity index (χ1v) is 7.72. The fourth-order valence-corrected chi connectivity index (χ4v) is 3.17. The van der Waals surface area contributed by atoms with E-state index in [1.165, 1.54) is 51.7 Å². The molecule has 0 saturated carbocycles. The van der Waals surface area contributed by atoms with Gasteiger partial charge in [-0.05, 0) is 55.4 Å². The van der Waals surface area contributed by atoms with Gasteiger partial charge in [-0.15, -0.1) is 0 Å². The molecule has 0 bridgehead atoms. The number of nitrogens with one attached hydrogen (secondary N) is 1. The maximum atomic E-state index is 4.98. The smallest absolute Gasteiger partial charge is 0.0740 e. The van der Waals surface area contributed by atoms with Crippen LogP contribution < -0.4 is 5.32 Å². The highest BCUT2D eigenvalue weighted by atomic mass is 14.9. The molecule has 2 aromatic rings. The van der Waals surface area contributed by atoms with Crippen molar-refractivity contribution in [3.8, 4) is 0 Å². The Bertz CT molecular complexity index is 656. The van der Waals surface area contributed by atoms with E-state index in [-0.39, 0.29) is 0 Å². The molecule has 1 aromatic carbocycles. The molecule has 2 heteroatoms. The predicted molar refractivity (Wildman–Crippen MR) is 85.2 cm³/mol. The summed E-state index contributed by atoms with van der Waals surface area (Å²) in [7, 11) is 0. The van der Waals surface area contributed by atoms with Gasteiger partial charge in [0, 0.05) is 23.7 Å². The van der Waals surface area contributed by atoms with Gasteiger partial charge < -0.3 is 5.32 Å². The first-order valence-electron chi connectivity index (χ1n) is 7.72. The van der Waals surface area contributed by atoms with E-state index in [4.69, 9.17) is 4.98 Å². The highest BCUT2D eigenvalue weighted by Crippen LogP contribution is 2.32. The minimum atomic E-state index is 0.516. The van der Waals surface area contributed by atoms with Gasteiger partial charge in [0.25, 0.3) is 0 Å². The van der Waals surface area contributed by atoms with E-state index >= 15 is 0 Å². The summed E-state index contributed by atoms with van der Waals surface area (Å²) in [6, 6.07) is 5.02. The average Bonchev–Trinajstić information content (AvgIpc) is 2.87. The van der Waals surface area contributed by atoms with Crippen LogP contribution in [-0.2, 0) is 19.4 Å². The lowest BCUT2D eigenvalue weighted by molar-refractivity contribution is 0.588. The van der Waals surface area contributed by atoms with Crippen LogP contribution in [0.2, 0.25) is 0 Å². The van der Waals surface area contributed by atoms with Gasteiger partial charge in [0.1, 0.15) is 0 Å². The van der Waals surface area contributed by atoms with Crippen LogP contribution in [0.15, 0.2) is 12.1 Å². The van der Waals surface area contributed by atoms with Crippen molar-refractivity contribution in [3.05, 3.63) is 40.1 Å². The van der Waals surface area contributed by atoms with E-state index in [9.17, 15) is 0 Å². The Morgan fingerprint density at radius 2 is 2.00 bits per heavy atom. The quantitative estimate of drug-likeness (QED) is 0.915. The summed E-state index contributed by atoms with van der Waals surface area (Å²) >= 11 is 0. The van der Waals surface area contributed by atoms with Crippen LogP contribution in [0.3, 0.4) is 0 Å². The van der Waals surface area contributed by atoms with Crippen molar-refractivity contribution in [2.24, 2.45) is 0 Å². The third-order valence-corrected chi connectivity index (χ3v) is 4.51. The topological polar surface area (TPSA) is 24.9 Å². The van der Waals surface area contributed by atoms with Gasteiger partial charge in [-0.3, -0.25) is 4.98 Å². The second kappa shape index (κ2) is 5.17. The minimum Gasteiger partial charge on any atom is -0.310 e. The van der Waals surface area contributed by atoms with E-state index in [2.05, 4.69) is 45.1 Å². The van der Waals surface area contributed by atoms with E-state index in [1.807, 2.05) is 0 Å². The number of fused-ring (bicyclic) bond motifs is 2. The second-order valence-corrected chi connectivity index (χ2v) is 6.31. The summed E-state index contributed by atoms with van der Waals surface area (Å²) in [5.74, 6) is 0. The normalized spacial score (nSPS) is 14.2. The molecule has 3 rings (SSSR count). The molecule has 0 radical (unpaired) electrons. The maximum Gasteiger partial charge on any atom is 0.0740 e. The molecule has 0 unspecified atom stereocenters. The van der Waals surface area contributed by atoms with Crippen molar-refractivity contribution in [1.29, 1.82) is 0 Å². The third-order valence-electron chi connectivity index (χ3n) is 4.51. The number of aromatic nitrogens is 1. The number of benzene rings is 1. The van der Waals surface area contributed by atoms with Gasteiger partial charge in [0.2, 0.25) is 0 Å². The number of pyridine rings is 1. The van der Waals surface area contributed by atoms with Crippen LogP contribution in [-0.4, -0.2) is 11.0 Å². The van der Waals surface area contributed by atoms with Gasteiger partial charge in [-0.1, -0.05) is 26.0 Å². The molecule has 106 valence electrons. The summed E-state index contributed by atoms with van der Waals surface area (Å²) in [4.78, 5) is 4.98. The summed E-state index contributed by atoms with van der Waals surface area (Å²) in [5.41, 5.74) is 8.22. The molecule has 20 heavy (non-hydrogen) atoms. The number of hydrogen-bond acceptors (Lipinski definition) is 2. The van der Waals surface area contributed by atoms with Crippen LogP contribution in [0.4, 0.5) is 0 Å². The zero-order chi connectivity index (χ0) is 14.3. The highest BCUT2D eigenvalue weighted by Gasteiger charge is 2.20. The molecule has 0 saturated heterocycles. The van der Waals surface area contributed by atoms with Crippen molar-refractivity contribution >= 4 is 10.9 Å². The number of aryl methyl sites for hydroxylation is 3. The fraction of sp³-hybridized carbons (Fsp3) is 0.500. The summed E-state index contributed by atoms with van der Waals surface area (Å²) in [6.07, 6.45) is 3.60. The third kappa shape index (κ3) is 2.22. The van der Waals surface area contributed by atoms with Crippen molar-refractivity contribution in [2.45, 2.75) is 59.5 Å². The Morgan fingerprint density at radius 1 is 1.20 bits per heavy atom. The molecule has 0 spiro atoms. The van der Waals surface area contributed by atoms with Crippen LogP contribution >= 0.6 is 0 Å². The molecule has 0 amide bonds. The van der Waals surface area contributed by atoms with Crippen molar-refractivity contribution in [2.75, 3.05) is 0 Å². The molecule has 2 nitrogen and oxygen atoms in total. The standard InChI is InChI=1S/C18H24N2/c1-11(2)19-10-16-14-6-5-7-17(14)20-18-13(4)12(3)8-9-15(16)18/h8-9,11,19H,5-7,10H2,1-4H3. The van der Waals surface area contributed by atoms with E-state index in [0.29, 0.717) is 6.04 Å². The van der Waals surface area contributed by atoms with E-state index in [1.54, 1.807) is 0 Å². The zero-order valence-corrected chi connectivity index (χ0v) is 13.0. The monoisotopic (exact) mass is 268 g/mol. The van der Waals surface area contributed by atoms with Crippen molar-refractivity contribution in [1.82, 2.24) is 10.3 Å². The average molecular weight is 268 g/mol. The van der Waals surface area contributed by atoms with Crippen LogP contribution in [0.25, 0.3) is 10.9 Å². The molecular formula is C18H24N2. The van der Waals surface area contributed by atoms with Gasteiger partial charge in [0.15, 0.2) is 0 Å². The highest BCUT2D eigenvalue weighted by molar-refractivity contribution is 5.87. The van der Waals surface area contributed by atoms with Crippen LogP contribution in [0.5, 0.6) is 0 Å². The van der Waals surface area contributed by atoms with Gasteiger partial charge >= 0.3 is 0 Å². The molecule has 0 atom stereocenters. The largest absolute Gasteiger partial charge is 0.310 e. The van der Waals surface area contributed by atoms with E-state index < -0.39 is 0 Å². The maximum absolute atomic E-state index is 4.98. The molecule has 1 aliphatic carbocycles. The molecule has 0 aliphatic heterocycles. The first kappa shape index (κ1) is 13.6. The van der Waals surface area contributed by atoms with Gasteiger partial charge in [0.05, 0.1) is 5.52 Å². The van der Waals surface area contributed by atoms with Crippen molar-refractivity contribution < 1.29 is 0 Å². The van der Waals surface area contributed by atoms with Crippen molar-refractivity contribution in [3.63, 3.8) is 0 Å². The predicted octanol–water partition coefficient (Wildman–Crippen LogP) is 3.84. The Kier molecular flexibility index (Phi) is 3.51. The number of rotatable bonds is 3. The Hall–Kier alpha value is -1.41. The van der Waals surface area contributed by atoms with E-state index in [0.717, 1.165) is 13.0 Å². The molecule has 1 aromatic heterocycles. The Labute approximate surface area is 121 Å². The zero-order valence-electron chi connectivity index (χ0n) is 13.0. The molecule has 1 heterocycles. The number of nitrogens with zero attached hydrogens (tertiary/aromatic N) is 1. The molecular weight excluding hydrogens is 244 g/mol. The molecule has 1 aliphatic rings. The van der Waals surface area contributed by atoms with Gasteiger partial charge in [-0.2, -0.15) is 0 Å². The Balaban J connectivity index is 2.21. The summed E-state index contributed by atoms with van der Waals surface area (Å²) < 4.78 is 0. The fourth-order valence-electron chi connectivity index (χ4n) is 3.17. The Morgan fingerprint density at radius 3 is 2.75 bits per heavy atom. The molecule has 0 fully saturated rings. The number of hydrogen-bond donors (Lipinski definition) is 1. The first-order chi connectivity index (χ1) is 9.58. The lowest BCUT2D eigenvalue weighted by Crippen LogP contribution is -2.23. The summed E-state index contributed by atoms with van der Waals surface area (Å²) in [5, 5.41) is 4.94. The van der Waals surface area contributed by atoms with Crippen LogP contribution in [0, 0.1) is 13.8 Å². The molecule has 1 N–H and O–H groups in total. The van der Waals surface area contributed by atoms with Crippen LogP contribution in [0.1, 0.15) is 48.2 Å². The van der Waals surface area contributed by atoms with Gasteiger partial charge in [-0.25, -0.2) is 0 Å². The lowest BCUT2D eigenvalue weighted by atomic mass is 9.97. The minimum absolute atomic E-state index is 0.516. The SMILES string of the molecule is Cc1ccc2c(CNC(C)C)c3c(nc2c1C)CCC3. The lowest BCUT2D eigenvalue weighted by Gasteiger charge is -2.16. The summed E-state index contributed by atoms with van der Waals surface area (Å²) in [6.45, 7) is 9.75. The second-order valence-electron chi connectivity index (χ2n) is 6.31.